The van der Waals surface area contributed by atoms with Crippen LogP contribution in [-0.2, 0) is 17.6 Å². The van der Waals surface area contributed by atoms with Gasteiger partial charge >= 0.3 is 0 Å². The van der Waals surface area contributed by atoms with Crippen molar-refractivity contribution >= 4 is 22.4 Å². The third kappa shape index (κ3) is 3.89. The summed E-state index contributed by atoms with van der Waals surface area (Å²) in [6.07, 6.45) is 3.44. The predicted molar refractivity (Wildman–Crippen MR) is 90.0 cm³/mol. The normalized spacial score (nSPS) is 14.3. The van der Waals surface area contributed by atoms with E-state index in [9.17, 15) is 9.90 Å². The number of carbonyl (C=O) groups is 1. The molecular formula is C17H20N2O3S. The van der Waals surface area contributed by atoms with Crippen LogP contribution < -0.4 is 10.1 Å². The maximum absolute atomic E-state index is 11.9. The summed E-state index contributed by atoms with van der Waals surface area (Å²) in [5, 5.41) is 13.2. The number of nitrogens with one attached hydrogen (secondary N) is 1. The van der Waals surface area contributed by atoms with Gasteiger partial charge in [-0.25, -0.2) is 4.98 Å². The smallest absolute Gasteiger partial charge is 0.264 e. The molecule has 3 rings (SSSR count). The fourth-order valence-corrected chi connectivity index (χ4v) is 3.64. The minimum atomic E-state index is -0.459. The summed E-state index contributed by atoms with van der Waals surface area (Å²) in [4.78, 5) is 17.6. The van der Waals surface area contributed by atoms with Gasteiger partial charge < -0.3 is 9.84 Å². The molecule has 23 heavy (non-hydrogen) atoms. The van der Waals surface area contributed by atoms with Crippen molar-refractivity contribution in [3.05, 3.63) is 40.4 Å². The van der Waals surface area contributed by atoms with E-state index >= 15 is 0 Å². The van der Waals surface area contributed by atoms with E-state index in [1.165, 1.54) is 4.88 Å². The van der Waals surface area contributed by atoms with Gasteiger partial charge in [0, 0.05) is 4.88 Å². The lowest BCUT2D eigenvalue weighted by Crippen LogP contribution is -2.20. The number of aliphatic hydroxyl groups excluding tert-OH is 1. The van der Waals surface area contributed by atoms with Crippen molar-refractivity contribution in [2.24, 2.45) is 0 Å². The molecule has 0 fully saturated rings. The number of aliphatic hydroxyl groups is 1. The standard InChI is InChI=1S/C17H20N2O3S/c1-2-14(20)11-6-8-12(9-7-11)22-10-16(21)19-17-18-13-4-3-5-15(13)23-17/h6-9,14,20H,2-5,10H2,1H3,(H,18,19,21). The van der Waals surface area contributed by atoms with E-state index < -0.39 is 6.10 Å². The Morgan fingerprint density at radius 2 is 2.17 bits per heavy atom. The van der Waals surface area contributed by atoms with Crippen molar-refractivity contribution in [1.29, 1.82) is 0 Å². The number of hydrogen-bond donors (Lipinski definition) is 2. The molecule has 1 aliphatic rings. The number of carbonyl (C=O) groups excluding carboxylic acids is 1. The number of aromatic nitrogens is 1. The summed E-state index contributed by atoms with van der Waals surface area (Å²) < 4.78 is 5.47. The van der Waals surface area contributed by atoms with Crippen molar-refractivity contribution < 1.29 is 14.6 Å². The number of hydrogen-bond acceptors (Lipinski definition) is 5. The summed E-state index contributed by atoms with van der Waals surface area (Å²) in [7, 11) is 0. The molecule has 1 unspecified atom stereocenters. The van der Waals surface area contributed by atoms with Crippen molar-refractivity contribution in [3.63, 3.8) is 0 Å². The van der Waals surface area contributed by atoms with Crippen LogP contribution in [0, 0.1) is 0 Å². The van der Waals surface area contributed by atoms with E-state index in [-0.39, 0.29) is 12.5 Å². The average Bonchev–Trinajstić information content (AvgIpc) is 3.14. The molecule has 0 aliphatic heterocycles. The Hall–Kier alpha value is -1.92. The van der Waals surface area contributed by atoms with E-state index in [1.807, 2.05) is 19.1 Å². The average molecular weight is 332 g/mol. The zero-order valence-corrected chi connectivity index (χ0v) is 13.9. The Labute approximate surface area is 139 Å². The maximum Gasteiger partial charge on any atom is 0.264 e. The molecule has 1 heterocycles. The van der Waals surface area contributed by atoms with Crippen LogP contribution in [0.25, 0.3) is 0 Å². The van der Waals surface area contributed by atoms with Gasteiger partial charge in [-0.2, -0.15) is 0 Å². The molecule has 122 valence electrons. The number of aryl methyl sites for hydroxylation is 2. The summed E-state index contributed by atoms with van der Waals surface area (Å²) in [6, 6.07) is 7.15. The molecule has 1 aliphatic carbocycles. The van der Waals surface area contributed by atoms with Crippen LogP contribution in [0.2, 0.25) is 0 Å². The van der Waals surface area contributed by atoms with Crippen LogP contribution in [0.4, 0.5) is 5.13 Å². The quantitative estimate of drug-likeness (QED) is 0.853. The third-order valence-electron chi connectivity index (χ3n) is 3.86. The van der Waals surface area contributed by atoms with Gasteiger partial charge in [0.1, 0.15) is 5.75 Å². The van der Waals surface area contributed by atoms with Gasteiger partial charge in [0.15, 0.2) is 11.7 Å². The Bertz CT molecular complexity index is 660. The van der Waals surface area contributed by atoms with E-state index in [2.05, 4.69) is 10.3 Å². The molecule has 0 saturated carbocycles. The molecule has 0 radical (unpaired) electrons. The lowest BCUT2D eigenvalue weighted by Gasteiger charge is -2.10. The molecule has 6 heteroatoms. The number of nitrogens with zero attached hydrogens (tertiary/aromatic N) is 1. The summed E-state index contributed by atoms with van der Waals surface area (Å²) in [5.41, 5.74) is 1.97. The highest BCUT2D eigenvalue weighted by atomic mass is 32.1. The first-order chi connectivity index (χ1) is 11.2. The van der Waals surface area contributed by atoms with E-state index in [4.69, 9.17) is 4.74 Å². The zero-order chi connectivity index (χ0) is 16.2. The minimum Gasteiger partial charge on any atom is -0.484 e. The first-order valence-corrected chi connectivity index (χ1v) is 8.66. The van der Waals surface area contributed by atoms with Crippen LogP contribution in [0.5, 0.6) is 5.75 Å². The molecule has 5 nitrogen and oxygen atoms in total. The highest BCUT2D eigenvalue weighted by Gasteiger charge is 2.17. The fourth-order valence-electron chi connectivity index (χ4n) is 2.57. The van der Waals surface area contributed by atoms with Crippen LogP contribution in [0.15, 0.2) is 24.3 Å². The van der Waals surface area contributed by atoms with Crippen molar-refractivity contribution in [2.75, 3.05) is 11.9 Å². The van der Waals surface area contributed by atoms with Crippen molar-refractivity contribution in [3.8, 4) is 5.75 Å². The third-order valence-corrected chi connectivity index (χ3v) is 4.94. The Kier molecular flexibility index (Phi) is 4.93. The molecule has 1 atom stereocenters. The van der Waals surface area contributed by atoms with Crippen molar-refractivity contribution in [1.82, 2.24) is 4.98 Å². The first-order valence-electron chi connectivity index (χ1n) is 7.85. The SMILES string of the molecule is CCC(O)c1ccc(OCC(=O)Nc2nc3c(s2)CCC3)cc1. The number of amides is 1. The molecule has 1 aromatic carbocycles. The van der Waals surface area contributed by atoms with Gasteiger partial charge in [-0.15, -0.1) is 11.3 Å². The van der Waals surface area contributed by atoms with Gasteiger partial charge in [0.05, 0.1) is 11.8 Å². The molecule has 0 saturated heterocycles. The monoisotopic (exact) mass is 332 g/mol. The molecule has 0 bridgehead atoms. The van der Waals surface area contributed by atoms with E-state index in [0.717, 1.165) is 30.5 Å². The molecular weight excluding hydrogens is 312 g/mol. The van der Waals surface area contributed by atoms with Gasteiger partial charge in [-0.1, -0.05) is 19.1 Å². The van der Waals surface area contributed by atoms with E-state index in [1.54, 1.807) is 23.5 Å². The number of fused-ring (bicyclic) bond motifs is 1. The minimum absolute atomic E-state index is 0.0556. The van der Waals surface area contributed by atoms with E-state index in [0.29, 0.717) is 17.3 Å². The van der Waals surface area contributed by atoms with Gasteiger partial charge in [0.2, 0.25) is 0 Å². The Balaban J connectivity index is 1.50. The first kappa shape index (κ1) is 16.0. The number of anilines is 1. The highest BCUT2D eigenvalue weighted by Crippen LogP contribution is 2.30. The number of benzene rings is 1. The molecule has 2 aromatic rings. The van der Waals surface area contributed by atoms with Crippen molar-refractivity contribution in [2.45, 2.75) is 38.7 Å². The molecule has 0 spiro atoms. The van der Waals surface area contributed by atoms with Crippen LogP contribution >= 0.6 is 11.3 Å². The largest absolute Gasteiger partial charge is 0.484 e. The number of rotatable bonds is 6. The molecule has 1 aromatic heterocycles. The van der Waals surface area contributed by atoms with Gasteiger partial charge in [0.25, 0.3) is 5.91 Å². The lowest BCUT2D eigenvalue weighted by molar-refractivity contribution is -0.118. The van der Waals surface area contributed by atoms with Crippen LogP contribution in [0.1, 0.15) is 42.0 Å². The Morgan fingerprint density at radius 1 is 1.39 bits per heavy atom. The second kappa shape index (κ2) is 7.10. The van der Waals surface area contributed by atoms with Gasteiger partial charge in [-0.3, -0.25) is 10.1 Å². The summed E-state index contributed by atoms with van der Waals surface area (Å²) in [5.74, 6) is 0.393. The second-order valence-electron chi connectivity index (χ2n) is 5.57. The summed E-state index contributed by atoms with van der Waals surface area (Å²) >= 11 is 1.55. The zero-order valence-electron chi connectivity index (χ0n) is 13.0. The second-order valence-corrected chi connectivity index (χ2v) is 6.66. The lowest BCUT2D eigenvalue weighted by atomic mass is 10.1. The molecule has 2 N–H and O–H groups in total. The molecule has 1 amide bonds. The number of thiazole rings is 1. The highest BCUT2D eigenvalue weighted by molar-refractivity contribution is 7.15. The number of ether oxygens (including phenoxy) is 1. The Morgan fingerprint density at radius 3 is 2.87 bits per heavy atom. The van der Waals surface area contributed by atoms with Gasteiger partial charge in [-0.05, 0) is 43.4 Å². The maximum atomic E-state index is 11.9. The topological polar surface area (TPSA) is 71.5 Å². The summed E-state index contributed by atoms with van der Waals surface area (Å²) in [6.45, 7) is 1.87. The predicted octanol–water partition coefficient (Wildman–Crippen LogP) is 3.09. The van der Waals surface area contributed by atoms with Crippen LogP contribution in [-0.4, -0.2) is 22.6 Å². The fraction of sp³-hybridized carbons (Fsp3) is 0.412. The van der Waals surface area contributed by atoms with Crippen LogP contribution in [0.3, 0.4) is 0 Å².